The first kappa shape index (κ1) is 25.2. The normalized spacial score (nSPS) is 17.4. The standard InChI is InChI=1S/C27H30N4O2S2/c1-4-12-30-24(29-13-6-5-7-14-29)21(19(3)22(16-28)25(30)32)15-23-26(33)31(27(34)35-23)17-20-10-8-18(2)9-11-20/h8-11,15H,4-7,12-14,17H2,1-3H3. The molecule has 2 aliphatic heterocycles. The van der Waals surface area contributed by atoms with Crippen molar-refractivity contribution in [2.75, 3.05) is 18.0 Å². The molecule has 0 aliphatic carbocycles. The smallest absolute Gasteiger partial charge is 0.270 e. The van der Waals surface area contributed by atoms with Gasteiger partial charge in [0.1, 0.15) is 21.8 Å². The molecule has 0 saturated carbocycles. The van der Waals surface area contributed by atoms with Crippen LogP contribution in [-0.2, 0) is 17.9 Å². The number of amides is 1. The molecule has 2 saturated heterocycles. The summed E-state index contributed by atoms with van der Waals surface area (Å²) >= 11 is 6.85. The number of thioether (sulfide) groups is 1. The molecule has 4 rings (SSSR count). The average molecular weight is 507 g/mol. The summed E-state index contributed by atoms with van der Waals surface area (Å²) < 4.78 is 2.25. The maximum absolute atomic E-state index is 13.4. The number of carbonyl (C=O) groups is 1. The number of nitrogens with zero attached hydrogens (tertiary/aromatic N) is 4. The molecule has 8 heteroatoms. The highest BCUT2D eigenvalue weighted by atomic mass is 32.2. The lowest BCUT2D eigenvalue weighted by Crippen LogP contribution is -2.37. The lowest BCUT2D eigenvalue weighted by molar-refractivity contribution is -0.122. The van der Waals surface area contributed by atoms with Crippen LogP contribution in [0.4, 0.5) is 5.82 Å². The Bertz CT molecular complexity index is 1280. The molecule has 0 radical (unpaired) electrons. The molecule has 1 aromatic carbocycles. The molecule has 2 aromatic rings. The monoisotopic (exact) mass is 506 g/mol. The Kier molecular flexibility index (Phi) is 7.78. The number of aryl methyl sites for hydroxylation is 1. The van der Waals surface area contributed by atoms with Crippen LogP contribution in [0.2, 0.25) is 0 Å². The molecule has 2 fully saturated rings. The molecule has 0 bridgehead atoms. The topological polar surface area (TPSA) is 69.3 Å². The Labute approximate surface area is 216 Å². The van der Waals surface area contributed by atoms with Crippen LogP contribution in [0, 0.1) is 25.2 Å². The van der Waals surface area contributed by atoms with E-state index in [4.69, 9.17) is 12.2 Å². The summed E-state index contributed by atoms with van der Waals surface area (Å²) in [7, 11) is 0. The highest BCUT2D eigenvalue weighted by Gasteiger charge is 2.33. The number of anilines is 1. The van der Waals surface area contributed by atoms with E-state index < -0.39 is 0 Å². The summed E-state index contributed by atoms with van der Waals surface area (Å²) in [6.45, 7) is 8.50. The van der Waals surface area contributed by atoms with Gasteiger partial charge in [-0.2, -0.15) is 5.26 Å². The maximum Gasteiger partial charge on any atom is 0.270 e. The van der Waals surface area contributed by atoms with Gasteiger partial charge in [0.2, 0.25) is 0 Å². The third-order valence-corrected chi connectivity index (χ3v) is 7.94. The molecule has 1 aromatic heterocycles. The molecular formula is C27H30N4O2S2. The minimum atomic E-state index is -0.253. The molecule has 0 atom stereocenters. The second-order valence-electron chi connectivity index (χ2n) is 9.11. The Hall–Kier alpha value is -2.89. The Morgan fingerprint density at radius 2 is 1.80 bits per heavy atom. The van der Waals surface area contributed by atoms with Crippen molar-refractivity contribution in [1.29, 1.82) is 5.26 Å². The molecule has 2 aliphatic rings. The van der Waals surface area contributed by atoms with Gasteiger partial charge in [0.15, 0.2) is 0 Å². The first-order valence-corrected chi connectivity index (χ1v) is 13.3. The number of pyridine rings is 1. The quantitative estimate of drug-likeness (QED) is 0.399. The van der Waals surface area contributed by atoms with Crippen LogP contribution in [-0.4, -0.2) is 32.8 Å². The first-order valence-electron chi connectivity index (χ1n) is 12.1. The molecule has 0 unspecified atom stereocenters. The predicted octanol–water partition coefficient (Wildman–Crippen LogP) is 5.14. The van der Waals surface area contributed by atoms with Gasteiger partial charge < -0.3 is 4.90 Å². The molecule has 1 amide bonds. The highest BCUT2D eigenvalue weighted by Crippen LogP contribution is 2.37. The van der Waals surface area contributed by atoms with Crippen molar-refractivity contribution in [3.8, 4) is 6.07 Å². The zero-order valence-corrected chi connectivity index (χ0v) is 22.1. The fourth-order valence-corrected chi connectivity index (χ4v) is 5.90. The van der Waals surface area contributed by atoms with Crippen molar-refractivity contribution in [1.82, 2.24) is 9.47 Å². The fourth-order valence-electron chi connectivity index (χ4n) is 4.67. The number of aromatic nitrogens is 1. The number of carbonyl (C=O) groups excluding carboxylic acids is 1. The summed E-state index contributed by atoms with van der Waals surface area (Å²) in [4.78, 5) is 31.1. The second kappa shape index (κ2) is 10.8. The van der Waals surface area contributed by atoms with Crippen molar-refractivity contribution in [3.63, 3.8) is 0 Å². The molecule has 0 N–H and O–H groups in total. The SMILES string of the molecule is CCCn1c(N2CCCCC2)c(C=C2SC(=S)N(Cc3ccc(C)cc3)C2=O)c(C)c(C#N)c1=O. The average Bonchev–Trinajstić information content (AvgIpc) is 3.11. The van der Waals surface area contributed by atoms with Gasteiger partial charge in [0.25, 0.3) is 11.5 Å². The van der Waals surface area contributed by atoms with E-state index >= 15 is 0 Å². The van der Waals surface area contributed by atoms with Crippen molar-refractivity contribution in [2.24, 2.45) is 0 Å². The van der Waals surface area contributed by atoms with E-state index in [1.165, 1.54) is 11.8 Å². The highest BCUT2D eigenvalue weighted by molar-refractivity contribution is 8.26. The lowest BCUT2D eigenvalue weighted by atomic mass is 10.0. The van der Waals surface area contributed by atoms with Gasteiger partial charge in [-0.1, -0.05) is 60.7 Å². The van der Waals surface area contributed by atoms with Gasteiger partial charge in [-0.15, -0.1) is 0 Å². The molecule has 182 valence electrons. The van der Waals surface area contributed by atoms with Crippen LogP contribution in [0.5, 0.6) is 0 Å². The number of thiocarbonyl (C=S) groups is 1. The minimum Gasteiger partial charge on any atom is -0.357 e. The van der Waals surface area contributed by atoms with Gasteiger partial charge in [0.05, 0.1) is 11.4 Å². The molecule has 3 heterocycles. The molecule has 6 nitrogen and oxygen atoms in total. The van der Waals surface area contributed by atoms with E-state index in [1.807, 2.05) is 51.1 Å². The summed E-state index contributed by atoms with van der Waals surface area (Å²) in [5.74, 6) is 0.674. The number of piperidine rings is 1. The zero-order valence-electron chi connectivity index (χ0n) is 20.5. The van der Waals surface area contributed by atoms with Crippen molar-refractivity contribution < 1.29 is 4.79 Å². The number of hydrogen-bond acceptors (Lipinski definition) is 6. The van der Waals surface area contributed by atoms with Crippen LogP contribution in [0.15, 0.2) is 34.0 Å². The fraction of sp³-hybridized carbons (Fsp3) is 0.407. The van der Waals surface area contributed by atoms with Crippen LogP contribution in [0.25, 0.3) is 6.08 Å². The van der Waals surface area contributed by atoms with E-state index in [0.29, 0.717) is 27.9 Å². The summed E-state index contributed by atoms with van der Waals surface area (Å²) in [5.41, 5.74) is 3.45. The van der Waals surface area contributed by atoms with Crippen LogP contribution >= 0.6 is 24.0 Å². The number of benzene rings is 1. The number of nitriles is 1. The van der Waals surface area contributed by atoms with E-state index in [0.717, 1.165) is 61.3 Å². The van der Waals surface area contributed by atoms with Gasteiger partial charge in [0, 0.05) is 25.2 Å². The van der Waals surface area contributed by atoms with E-state index in [1.54, 1.807) is 9.47 Å². The maximum atomic E-state index is 13.4. The van der Waals surface area contributed by atoms with Crippen molar-refractivity contribution in [3.05, 3.63) is 67.3 Å². The van der Waals surface area contributed by atoms with Crippen LogP contribution in [0.3, 0.4) is 0 Å². The second-order valence-corrected chi connectivity index (χ2v) is 10.8. The zero-order chi connectivity index (χ0) is 25.1. The first-order chi connectivity index (χ1) is 16.8. The van der Waals surface area contributed by atoms with E-state index in [9.17, 15) is 14.9 Å². The largest absolute Gasteiger partial charge is 0.357 e. The summed E-state index contributed by atoms with van der Waals surface area (Å²) in [5, 5.41) is 9.80. The van der Waals surface area contributed by atoms with Gasteiger partial charge in [-0.3, -0.25) is 19.1 Å². The van der Waals surface area contributed by atoms with E-state index in [-0.39, 0.29) is 17.0 Å². The van der Waals surface area contributed by atoms with Crippen LogP contribution in [0.1, 0.15) is 60.4 Å². The Morgan fingerprint density at radius 3 is 2.43 bits per heavy atom. The van der Waals surface area contributed by atoms with Gasteiger partial charge >= 0.3 is 0 Å². The van der Waals surface area contributed by atoms with Crippen LogP contribution < -0.4 is 10.5 Å². The summed E-state index contributed by atoms with van der Waals surface area (Å²) in [6, 6.07) is 10.2. The summed E-state index contributed by atoms with van der Waals surface area (Å²) in [6.07, 6.45) is 5.89. The Balaban J connectivity index is 1.80. The van der Waals surface area contributed by atoms with Crippen molar-refractivity contribution >= 4 is 46.1 Å². The molecule has 0 spiro atoms. The van der Waals surface area contributed by atoms with E-state index in [2.05, 4.69) is 11.0 Å². The predicted molar refractivity (Wildman–Crippen MR) is 146 cm³/mol. The molecule has 35 heavy (non-hydrogen) atoms. The minimum absolute atomic E-state index is 0.139. The third kappa shape index (κ3) is 5.07. The Morgan fingerprint density at radius 1 is 1.11 bits per heavy atom. The number of hydrogen-bond donors (Lipinski definition) is 0. The number of rotatable bonds is 6. The van der Waals surface area contributed by atoms with Crippen molar-refractivity contribution in [2.45, 2.75) is 59.5 Å². The molecular weight excluding hydrogens is 476 g/mol. The lowest BCUT2D eigenvalue weighted by Gasteiger charge is -2.33. The van der Waals surface area contributed by atoms with Gasteiger partial charge in [-0.05, 0) is 56.7 Å². The third-order valence-electron chi connectivity index (χ3n) is 6.56. The van der Waals surface area contributed by atoms with Gasteiger partial charge in [-0.25, -0.2) is 0 Å².